The van der Waals surface area contributed by atoms with Crippen molar-refractivity contribution < 1.29 is 4.74 Å². The van der Waals surface area contributed by atoms with Gasteiger partial charge < -0.3 is 15.0 Å². The molecule has 1 aliphatic carbocycles. The van der Waals surface area contributed by atoms with Gasteiger partial charge in [-0.15, -0.1) is 0 Å². The van der Waals surface area contributed by atoms with Gasteiger partial charge in [-0.2, -0.15) is 0 Å². The molecular weight excluding hydrogens is 240 g/mol. The molecule has 2 N–H and O–H groups in total. The van der Waals surface area contributed by atoms with Gasteiger partial charge in [0.25, 0.3) is 0 Å². The summed E-state index contributed by atoms with van der Waals surface area (Å²) in [6.07, 6.45) is 8.42. The summed E-state index contributed by atoms with van der Waals surface area (Å²) >= 11 is 0. The number of ether oxygens (including phenoxy) is 1. The highest BCUT2D eigenvalue weighted by atomic mass is 16.5. The molecule has 3 rings (SSSR count). The quantitative estimate of drug-likeness (QED) is 0.914. The number of rotatable bonds is 3. The minimum absolute atomic E-state index is 0.179. The number of fused-ring (bicyclic) bond motifs is 1. The molecule has 2 aromatic rings. The maximum Gasteiger partial charge on any atom is 0.242 e. The van der Waals surface area contributed by atoms with E-state index in [1.54, 1.807) is 12.5 Å². The predicted octanol–water partition coefficient (Wildman–Crippen LogP) is 1.86. The Hall–Kier alpha value is -1.62. The maximum absolute atomic E-state index is 6.12. The predicted molar refractivity (Wildman–Crippen MR) is 73.9 cm³/mol. The molecule has 2 heterocycles. The number of pyridine rings is 1. The average molecular weight is 260 g/mol. The van der Waals surface area contributed by atoms with E-state index in [0.717, 1.165) is 23.9 Å². The Morgan fingerprint density at radius 3 is 3.05 bits per heavy atom. The van der Waals surface area contributed by atoms with Crippen LogP contribution in [0.4, 0.5) is 0 Å². The second kappa shape index (κ2) is 5.17. The molecule has 0 bridgehead atoms. The number of nitrogens with two attached hydrogens (primary N) is 1. The van der Waals surface area contributed by atoms with Crippen molar-refractivity contribution in [2.45, 2.75) is 31.8 Å². The van der Waals surface area contributed by atoms with Gasteiger partial charge in [-0.3, -0.25) is 0 Å². The molecule has 2 aromatic heterocycles. The first-order valence-electron chi connectivity index (χ1n) is 6.92. The van der Waals surface area contributed by atoms with Gasteiger partial charge in [-0.1, -0.05) is 6.42 Å². The van der Waals surface area contributed by atoms with Crippen LogP contribution >= 0.6 is 0 Å². The van der Waals surface area contributed by atoms with Gasteiger partial charge in [-0.05, 0) is 31.9 Å². The molecule has 1 aliphatic rings. The minimum atomic E-state index is 0.179. The van der Waals surface area contributed by atoms with Gasteiger partial charge in [0.15, 0.2) is 5.52 Å². The Balaban J connectivity index is 1.88. The third-order valence-electron chi connectivity index (χ3n) is 4.01. The van der Waals surface area contributed by atoms with Crippen LogP contribution in [0.5, 0.6) is 5.88 Å². The Morgan fingerprint density at radius 1 is 1.37 bits per heavy atom. The molecule has 0 aliphatic heterocycles. The van der Waals surface area contributed by atoms with Crippen molar-refractivity contribution in [3.05, 3.63) is 18.6 Å². The summed E-state index contributed by atoms with van der Waals surface area (Å²) in [6.45, 7) is 0.683. The van der Waals surface area contributed by atoms with Crippen LogP contribution in [0.3, 0.4) is 0 Å². The van der Waals surface area contributed by atoms with E-state index in [0.29, 0.717) is 18.3 Å². The lowest BCUT2D eigenvalue weighted by Gasteiger charge is -2.30. The zero-order valence-corrected chi connectivity index (χ0v) is 11.2. The first-order chi connectivity index (χ1) is 9.29. The lowest BCUT2D eigenvalue weighted by molar-refractivity contribution is 0.0938. The van der Waals surface area contributed by atoms with Crippen LogP contribution in [0.15, 0.2) is 18.6 Å². The molecule has 0 radical (unpaired) electrons. The summed E-state index contributed by atoms with van der Waals surface area (Å²) in [7, 11) is 1.97. The van der Waals surface area contributed by atoms with E-state index < -0.39 is 0 Å². The molecule has 0 aromatic carbocycles. The first kappa shape index (κ1) is 12.4. The molecule has 2 atom stereocenters. The third-order valence-corrected chi connectivity index (χ3v) is 4.01. The SMILES string of the molecule is Cn1cnc2c(OC3CCCCC3CN)nccc21. The van der Waals surface area contributed by atoms with Crippen molar-refractivity contribution in [1.82, 2.24) is 14.5 Å². The van der Waals surface area contributed by atoms with Crippen molar-refractivity contribution in [3.8, 4) is 5.88 Å². The van der Waals surface area contributed by atoms with Crippen molar-refractivity contribution >= 4 is 11.0 Å². The Bertz CT molecular complexity index is 566. The van der Waals surface area contributed by atoms with E-state index in [9.17, 15) is 0 Å². The van der Waals surface area contributed by atoms with Gasteiger partial charge in [0.2, 0.25) is 5.88 Å². The van der Waals surface area contributed by atoms with Gasteiger partial charge in [0.1, 0.15) is 6.10 Å². The Kier molecular flexibility index (Phi) is 3.38. The zero-order valence-electron chi connectivity index (χ0n) is 11.2. The smallest absolute Gasteiger partial charge is 0.242 e. The lowest BCUT2D eigenvalue weighted by atomic mass is 9.86. The monoisotopic (exact) mass is 260 g/mol. The summed E-state index contributed by atoms with van der Waals surface area (Å²) in [5.41, 5.74) is 7.73. The van der Waals surface area contributed by atoms with E-state index in [4.69, 9.17) is 10.5 Å². The molecule has 1 saturated carbocycles. The van der Waals surface area contributed by atoms with Crippen LogP contribution in [0.1, 0.15) is 25.7 Å². The number of aryl methyl sites for hydroxylation is 1. The number of hydrogen-bond donors (Lipinski definition) is 1. The van der Waals surface area contributed by atoms with Crippen molar-refractivity contribution in [3.63, 3.8) is 0 Å². The summed E-state index contributed by atoms with van der Waals surface area (Å²) in [5, 5.41) is 0. The van der Waals surface area contributed by atoms with Crippen LogP contribution in [0, 0.1) is 5.92 Å². The van der Waals surface area contributed by atoms with Crippen molar-refractivity contribution in [2.75, 3.05) is 6.54 Å². The standard InChI is InChI=1S/C14H20N4O/c1-18-9-17-13-11(18)6-7-16-14(13)19-12-5-3-2-4-10(12)8-15/h6-7,9-10,12H,2-5,8,15H2,1H3. The number of imidazole rings is 1. The van der Waals surface area contributed by atoms with Crippen LogP contribution in [0.2, 0.25) is 0 Å². The summed E-state index contributed by atoms with van der Waals surface area (Å²) in [5.74, 6) is 1.08. The molecular formula is C14H20N4O. The second-order valence-electron chi connectivity index (χ2n) is 5.28. The summed E-state index contributed by atoms with van der Waals surface area (Å²) in [6, 6.07) is 1.95. The molecule has 0 amide bonds. The Morgan fingerprint density at radius 2 is 2.21 bits per heavy atom. The molecule has 19 heavy (non-hydrogen) atoms. The normalized spacial score (nSPS) is 23.7. The molecule has 0 saturated heterocycles. The first-order valence-corrected chi connectivity index (χ1v) is 6.92. The molecule has 5 nitrogen and oxygen atoms in total. The summed E-state index contributed by atoms with van der Waals surface area (Å²) in [4.78, 5) is 8.72. The van der Waals surface area contributed by atoms with Gasteiger partial charge in [0, 0.05) is 19.2 Å². The number of hydrogen-bond acceptors (Lipinski definition) is 4. The molecule has 5 heteroatoms. The average Bonchev–Trinajstić information content (AvgIpc) is 2.82. The van der Waals surface area contributed by atoms with E-state index in [2.05, 4.69) is 9.97 Å². The summed E-state index contributed by atoms with van der Waals surface area (Å²) < 4.78 is 8.10. The van der Waals surface area contributed by atoms with Crippen LogP contribution < -0.4 is 10.5 Å². The highest BCUT2D eigenvalue weighted by molar-refractivity contribution is 5.79. The molecule has 0 spiro atoms. The third kappa shape index (κ3) is 2.30. The molecule has 2 unspecified atom stereocenters. The van der Waals surface area contributed by atoms with Gasteiger partial charge in [0.05, 0.1) is 11.8 Å². The van der Waals surface area contributed by atoms with Crippen molar-refractivity contribution in [2.24, 2.45) is 18.7 Å². The molecule has 102 valence electrons. The fourth-order valence-corrected chi connectivity index (χ4v) is 2.87. The zero-order chi connectivity index (χ0) is 13.2. The number of aromatic nitrogens is 3. The van der Waals surface area contributed by atoms with E-state index in [-0.39, 0.29) is 6.10 Å². The highest BCUT2D eigenvalue weighted by Crippen LogP contribution is 2.29. The Labute approximate surface area is 112 Å². The van der Waals surface area contributed by atoms with E-state index >= 15 is 0 Å². The maximum atomic E-state index is 6.12. The van der Waals surface area contributed by atoms with Crippen molar-refractivity contribution in [1.29, 1.82) is 0 Å². The minimum Gasteiger partial charge on any atom is -0.472 e. The van der Waals surface area contributed by atoms with Crippen LogP contribution in [-0.4, -0.2) is 27.2 Å². The highest BCUT2D eigenvalue weighted by Gasteiger charge is 2.26. The largest absolute Gasteiger partial charge is 0.472 e. The van der Waals surface area contributed by atoms with Gasteiger partial charge >= 0.3 is 0 Å². The fraction of sp³-hybridized carbons (Fsp3) is 0.571. The molecule has 1 fully saturated rings. The van der Waals surface area contributed by atoms with Gasteiger partial charge in [-0.25, -0.2) is 9.97 Å². The topological polar surface area (TPSA) is 66.0 Å². The lowest BCUT2D eigenvalue weighted by Crippen LogP contribution is -2.35. The van der Waals surface area contributed by atoms with E-state index in [1.165, 1.54) is 12.8 Å². The van der Waals surface area contributed by atoms with E-state index in [1.807, 2.05) is 17.7 Å². The van der Waals surface area contributed by atoms with Crippen LogP contribution in [0.25, 0.3) is 11.0 Å². The fourth-order valence-electron chi connectivity index (χ4n) is 2.87. The van der Waals surface area contributed by atoms with Crippen LogP contribution in [-0.2, 0) is 7.05 Å². The second-order valence-corrected chi connectivity index (χ2v) is 5.28. The number of nitrogens with zero attached hydrogens (tertiary/aromatic N) is 3.